The molecule has 0 aromatic heterocycles. The Balaban J connectivity index is 0.00000192. The number of rotatable bonds is 2. The molecule has 1 fully saturated rings. The molecule has 2 unspecified atom stereocenters. The first kappa shape index (κ1) is 18.6. The van der Waals surface area contributed by atoms with Crippen LogP contribution in [0.15, 0.2) is 17.0 Å². The summed E-state index contributed by atoms with van der Waals surface area (Å²) in [6.07, 6.45) is 0. The minimum absolute atomic E-state index is 0. The molecule has 0 spiro atoms. The van der Waals surface area contributed by atoms with Gasteiger partial charge in [0.15, 0.2) is 11.5 Å². The zero-order valence-corrected chi connectivity index (χ0v) is 15.3. The first-order valence-corrected chi connectivity index (χ1v) is 9.07. The van der Waals surface area contributed by atoms with Crippen LogP contribution >= 0.6 is 24.0 Å². The van der Waals surface area contributed by atoms with Gasteiger partial charge in [-0.3, -0.25) is 0 Å². The maximum atomic E-state index is 13.0. The number of piperazine rings is 1. The molecule has 2 aliphatic rings. The highest BCUT2D eigenvalue weighted by Gasteiger charge is 2.36. The van der Waals surface area contributed by atoms with Gasteiger partial charge < -0.3 is 14.8 Å². The summed E-state index contributed by atoms with van der Waals surface area (Å²) < 4.78 is 38.3. The van der Waals surface area contributed by atoms with E-state index >= 15 is 0 Å². The molecule has 23 heavy (non-hydrogen) atoms. The second-order valence-corrected chi connectivity index (χ2v) is 7.79. The second kappa shape index (κ2) is 7.03. The van der Waals surface area contributed by atoms with Gasteiger partial charge in [0, 0.05) is 37.3 Å². The van der Waals surface area contributed by atoms with Gasteiger partial charge in [-0.2, -0.15) is 4.31 Å². The maximum absolute atomic E-state index is 13.0. The molecule has 1 N–H and O–H groups in total. The number of sulfonamides is 1. The highest BCUT2D eigenvalue weighted by atomic mass is 35.5. The molecule has 0 amide bonds. The molecular formula is C14H20Cl2N2O4S. The lowest BCUT2D eigenvalue weighted by Crippen LogP contribution is -2.57. The summed E-state index contributed by atoms with van der Waals surface area (Å²) in [5, 5.41) is 3.42. The van der Waals surface area contributed by atoms with Crippen molar-refractivity contribution in [2.45, 2.75) is 30.8 Å². The van der Waals surface area contributed by atoms with Crippen LogP contribution in [0.1, 0.15) is 13.8 Å². The molecule has 6 nitrogen and oxygen atoms in total. The maximum Gasteiger partial charge on any atom is 0.245 e. The summed E-state index contributed by atoms with van der Waals surface area (Å²) in [6, 6.07) is 2.91. The number of hydrogen-bond donors (Lipinski definition) is 1. The van der Waals surface area contributed by atoms with E-state index in [1.54, 1.807) is 0 Å². The summed E-state index contributed by atoms with van der Waals surface area (Å²) in [6.45, 7) is 5.72. The summed E-state index contributed by atoms with van der Waals surface area (Å²) in [7, 11) is -3.68. The lowest BCUT2D eigenvalue weighted by atomic mass is 10.1. The van der Waals surface area contributed by atoms with Gasteiger partial charge in [-0.1, -0.05) is 11.6 Å². The Hall–Kier alpha value is -0.730. The fourth-order valence-corrected chi connectivity index (χ4v) is 4.95. The van der Waals surface area contributed by atoms with Crippen molar-refractivity contribution in [1.82, 2.24) is 9.62 Å². The smallest absolute Gasteiger partial charge is 0.245 e. The molecule has 0 aliphatic carbocycles. The molecule has 1 saturated heterocycles. The SMILES string of the molecule is CC1NCCN(S(=O)(=O)c2cc3c(cc2Cl)OCCO3)C1C.Cl. The van der Waals surface area contributed by atoms with Crippen LogP contribution in [0, 0.1) is 0 Å². The minimum atomic E-state index is -3.68. The molecule has 0 saturated carbocycles. The Morgan fingerprint density at radius 3 is 2.48 bits per heavy atom. The van der Waals surface area contributed by atoms with Crippen LogP contribution in [0.4, 0.5) is 0 Å². The Kier molecular flexibility index (Phi) is 5.68. The van der Waals surface area contributed by atoms with E-state index in [-0.39, 0.29) is 34.4 Å². The third-order valence-corrected chi connectivity index (χ3v) is 6.61. The molecule has 2 atom stereocenters. The quantitative estimate of drug-likeness (QED) is 0.845. The molecule has 9 heteroatoms. The minimum Gasteiger partial charge on any atom is -0.486 e. The van der Waals surface area contributed by atoms with Crippen molar-refractivity contribution in [3.8, 4) is 11.5 Å². The van der Waals surface area contributed by atoms with E-state index in [0.29, 0.717) is 37.8 Å². The second-order valence-electron chi connectivity index (χ2n) is 5.53. The van der Waals surface area contributed by atoms with Crippen molar-refractivity contribution >= 4 is 34.0 Å². The number of ether oxygens (including phenoxy) is 2. The fraction of sp³-hybridized carbons (Fsp3) is 0.571. The number of fused-ring (bicyclic) bond motifs is 1. The van der Waals surface area contributed by atoms with Crippen LogP contribution in [-0.2, 0) is 10.0 Å². The van der Waals surface area contributed by atoms with Crippen molar-refractivity contribution in [2.24, 2.45) is 0 Å². The predicted molar refractivity (Wildman–Crippen MR) is 90.5 cm³/mol. The Morgan fingerprint density at radius 2 is 1.83 bits per heavy atom. The average Bonchev–Trinajstić information content (AvgIpc) is 2.49. The highest BCUT2D eigenvalue weighted by Crippen LogP contribution is 2.38. The van der Waals surface area contributed by atoms with E-state index < -0.39 is 10.0 Å². The van der Waals surface area contributed by atoms with Crippen molar-refractivity contribution in [2.75, 3.05) is 26.3 Å². The number of nitrogens with one attached hydrogen (secondary N) is 1. The first-order chi connectivity index (χ1) is 10.4. The normalized spacial score (nSPS) is 24.8. The van der Waals surface area contributed by atoms with Crippen LogP contribution in [0.2, 0.25) is 5.02 Å². The average molecular weight is 383 g/mol. The molecule has 130 valence electrons. The van der Waals surface area contributed by atoms with Crippen LogP contribution in [0.25, 0.3) is 0 Å². The third-order valence-electron chi connectivity index (χ3n) is 4.16. The highest BCUT2D eigenvalue weighted by molar-refractivity contribution is 7.89. The number of nitrogens with zero attached hydrogens (tertiary/aromatic N) is 1. The van der Waals surface area contributed by atoms with Crippen LogP contribution in [0.5, 0.6) is 11.5 Å². The fourth-order valence-electron chi connectivity index (χ4n) is 2.73. The van der Waals surface area contributed by atoms with E-state index in [1.165, 1.54) is 16.4 Å². The Bertz CT molecular complexity index is 684. The third kappa shape index (κ3) is 3.39. The van der Waals surface area contributed by atoms with E-state index in [9.17, 15) is 8.42 Å². The monoisotopic (exact) mass is 382 g/mol. The van der Waals surface area contributed by atoms with Crippen LogP contribution < -0.4 is 14.8 Å². The zero-order chi connectivity index (χ0) is 15.9. The van der Waals surface area contributed by atoms with Gasteiger partial charge in [0.2, 0.25) is 10.0 Å². The van der Waals surface area contributed by atoms with Gasteiger partial charge in [-0.25, -0.2) is 8.42 Å². The molecule has 3 rings (SSSR count). The Labute approximate surface area is 147 Å². The lowest BCUT2D eigenvalue weighted by Gasteiger charge is -2.37. The number of hydrogen-bond acceptors (Lipinski definition) is 5. The van der Waals surface area contributed by atoms with E-state index in [0.717, 1.165) is 0 Å². The van der Waals surface area contributed by atoms with Crippen LogP contribution in [-0.4, -0.2) is 51.1 Å². The molecule has 2 aliphatic heterocycles. The predicted octanol–water partition coefficient (Wildman–Crippen LogP) is 1.90. The van der Waals surface area contributed by atoms with Crippen molar-refractivity contribution < 1.29 is 17.9 Å². The largest absolute Gasteiger partial charge is 0.486 e. The number of halogens is 2. The van der Waals surface area contributed by atoms with Crippen molar-refractivity contribution in [1.29, 1.82) is 0 Å². The molecule has 2 heterocycles. The lowest BCUT2D eigenvalue weighted by molar-refractivity contribution is 0.171. The molecule has 1 aromatic rings. The van der Waals surface area contributed by atoms with Gasteiger partial charge in [-0.05, 0) is 13.8 Å². The van der Waals surface area contributed by atoms with E-state index in [2.05, 4.69) is 5.32 Å². The van der Waals surface area contributed by atoms with Gasteiger partial charge in [-0.15, -0.1) is 12.4 Å². The van der Waals surface area contributed by atoms with Gasteiger partial charge in [0.25, 0.3) is 0 Å². The number of benzene rings is 1. The van der Waals surface area contributed by atoms with E-state index in [1.807, 2.05) is 13.8 Å². The first-order valence-electron chi connectivity index (χ1n) is 7.25. The summed E-state index contributed by atoms with van der Waals surface area (Å²) in [5.74, 6) is 0.905. The van der Waals surface area contributed by atoms with Crippen molar-refractivity contribution in [3.05, 3.63) is 17.2 Å². The van der Waals surface area contributed by atoms with Gasteiger partial charge in [0.1, 0.15) is 18.1 Å². The standard InChI is InChI=1S/C14H19ClN2O4S.ClH/c1-9-10(2)17(4-3-16-9)22(18,19)14-8-13-12(7-11(14)15)20-5-6-21-13;/h7-10,16H,3-6H2,1-2H3;1H. The molecular weight excluding hydrogens is 363 g/mol. The summed E-state index contributed by atoms with van der Waals surface area (Å²) in [5.41, 5.74) is 0. The molecule has 1 aromatic carbocycles. The molecule has 0 bridgehead atoms. The van der Waals surface area contributed by atoms with Crippen LogP contribution in [0.3, 0.4) is 0 Å². The summed E-state index contributed by atoms with van der Waals surface area (Å²) in [4.78, 5) is 0.0689. The topological polar surface area (TPSA) is 67.9 Å². The zero-order valence-electron chi connectivity index (χ0n) is 12.9. The van der Waals surface area contributed by atoms with Gasteiger partial charge >= 0.3 is 0 Å². The van der Waals surface area contributed by atoms with Gasteiger partial charge in [0.05, 0.1) is 5.02 Å². The van der Waals surface area contributed by atoms with Crippen molar-refractivity contribution in [3.63, 3.8) is 0 Å². The van der Waals surface area contributed by atoms with E-state index in [4.69, 9.17) is 21.1 Å². The molecule has 0 radical (unpaired) electrons. The Morgan fingerprint density at radius 1 is 1.22 bits per heavy atom. The summed E-state index contributed by atoms with van der Waals surface area (Å²) >= 11 is 6.19.